The van der Waals surface area contributed by atoms with Crippen LogP contribution in [0.2, 0.25) is 0 Å². The van der Waals surface area contributed by atoms with Gasteiger partial charge in [-0.2, -0.15) is 11.8 Å². The van der Waals surface area contributed by atoms with Crippen LogP contribution in [0, 0.1) is 0 Å². The van der Waals surface area contributed by atoms with Crippen molar-refractivity contribution in [3.05, 3.63) is 35.9 Å². The lowest BCUT2D eigenvalue weighted by Crippen LogP contribution is -2.29. The summed E-state index contributed by atoms with van der Waals surface area (Å²) in [7, 11) is 0. The molecule has 1 nitrogen and oxygen atoms in total. The van der Waals surface area contributed by atoms with Gasteiger partial charge in [-0.1, -0.05) is 30.3 Å². The maximum Gasteiger partial charge on any atom is 0.0294 e. The molecule has 0 aliphatic rings. The van der Waals surface area contributed by atoms with Crippen molar-refractivity contribution in [3.63, 3.8) is 0 Å². The molecule has 0 aromatic heterocycles. The minimum atomic E-state index is 0.447. The van der Waals surface area contributed by atoms with Crippen LogP contribution in [0.25, 0.3) is 0 Å². The van der Waals surface area contributed by atoms with Crippen molar-refractivity contribution >= 4 is 11.8 Å². The third-order valence-corrected chi connectivity index (χ3v) is 3.23. The standard InChI is InChI=1S/C13H21NS/c1-11(9-10-15-3)14-12(2)13-7-5-4-6-8-13/h4-8,11-12,14H,9-10H2,1-3H3. The topological polar surface area (TPSA) is 12.0 Å². The van der Waals surface area contributed by atoms with Gasteiger partial charge in [-0.3, -0.25) is 0 Å². The van der Waals surface area contributed by atoms with E-state index in [4.69, 9.17) is 0 Å². The summed E-state index contributed by atoms with van der Waals surface area (Å²) >= 11 is 1.91. The first-order chi connectivity index (χ1) is 7.24. The molecule has 0 heterocycles. The Morgan fingerprint density at radius 1 is 1.20 bits per heavy atom. The number of hydrogen-bond acceptors (Lipinski definition) is 2. The summed E-state index contributed by atoms with van der Waals surface area (Å²) in [5.41, 5.74) is 1.37. The van der Waals surface area contributed by atoms with Crippen molar-refractivity contribution in [1.82, 2.24) is 5.32 Å². The Morgan fingerprint density at radius 3 is 2.47 bits per heavy atom. The summed E-state index contributed by atoms with van der Waals surface area (Å²) in [5.74, 6) is 1.23. The maximum absolute atomic E-state index is 3.62. The molecule has 2 unspecified atom stereocenters. The highest BCUT2D eigenvalue weighted by Crippen LogP contribution is 2.13. The Labute approximate surface area is 97.7 Å². The lowest BCUT2D eigenvalue weighted by molar-refractivity contribution is 0.472. The SMILES string of the molecule is CSCCC(C)NC(C)c1ccccc1. The summed E-state index contributed by atoms with van der Waals surface area (Å²) in [6.07, 6.45) is 3.39. The highest BCUT2D eigenvalue weighted by molar-refractivity contribution is 7.98. The van der Waals surface area contributed by atoms with Gasteiger partial charge in [0.25, 0.3) is 0 Å². The van der Waals surface area contributed by atoms with Gasteiger partial charge in [0.15, 0.2) is 0 Å². The van der Waals surface area contributed by atoms with E-state index in [2.05, 4.69) is 55.8 Å². The van der Waals surface area contributed by atoms with Crippen LogP contribution < -0.4 is 5.32 Å². The lowest BCUT2D eigenvalue weighted by Gasteiger charge is -2.20. The first-order valence-electron chi connectivity index (χ1n) is 5.54. The van der Waals surface area contributed by atoms with Gasteiger partial charge in [0, 0.05) is 12.1 Å². The van der Waals surface area contributed by atoms with Gasteiger partial charge in [-0.05, 0) is 37.8 Å². The maximum atomic E-state index is 3.62. The predicted octanol–water partition coefficient (Wildman–Crippen LogP) is 3.48. The van der Waals surface area contributed by atoms with E-state index >= 15 is 0 Å². The van der Waals surface area contributed by atoms with Gasteiger partial charge in [0.1, 0.15) is 0 Å². The lowest BCUT2D eigenvalue weighted by atomic mass is 10.1. The van der Waals surface area contributed by atoms with Crippen LogP contribution in [0.1, 0.15) is 31.9 Å². The van der Waals surface area contributed by atoms with Crippen LogP contribution in [0.15, 0.2) is 30.3 Å². The van der Waals surface area contributed by atoms with Gasteiger partial charge in [0.05, 0.1) is 0 Å². The fourth-order valence-electron chi connectivity index (χ4n) is 1.64. The van der Waals surface area contributed by atoms with E-state index < -0.39 is 0 Å². The fourth-order valence-corrected chi connectivity index (χ4v) is 2.23. The largest absolute Gasteiger partial charge is 0.308 e. The zero-order chi connectivity index (χ0) is 11.1. The smallest absolute Gasteiger partial charge is 0.0294 e. The second kappa shape index (κ2) is 6.91. The monoisotopic (exact) mass is 223 g/mol. The molecule has 2 atom stereocenters. The molecular weight excluding hydrogens is 202 g/mol. The molecule has 1 rings (SSSR count). The van der Waals surface area contributed by atoms with Crippen LogP contribution in [0.4, 0.5) is 0 Å². The molecule has 0 saturated heterocycles. The average Bonchev–Trinajstić information content (AvgIpc) is 2.27. The van der Waals surface area contributed by atoms with Gasteiger partial charge >= 0.3 is 0 Å². The molecule has 1 N–H and O–H groups in total. The zero-order valence-electron chi connectivity index (χ0n) is 9.86. The minimum absolute atomic E-state index is 0.447. The Balaban J connectivity index is 2.38. The van der Waals surface area contributed by atoms with Gasteiger partial charge in [-0.15, -0.1) is 0 Å². The second-order valence-electron chi connectivity index (χ2n) is 3.98. The van der Waals surface area contributed by atoms with Crippen molar-refractivity contribution in [2.45, 2.75) is 32.4 Å². The van der Waals surface area contributed by atoms with Crippen molar-refractivity contribution in [2.75, 3.05) is 12.0 Å². The van der Waals surface area contributed by atoms with Crippen LogP contribution in [0.5, 0.6) is 0 Å². The van der Waals surface area contributed by atoms with Crippen LogP contribution in [-0.2, 0) is 0 Å². The first-order valence-corrected chi connectivity index (χ1v) is 6.93. The molecule has 2 heteroatoms. The zero-order valence-corrected chi connectivity index (χ0v) is 10.7. The van der Waals surface area contributed by atoms with Crippen molar-refractivity contribution in [2.24, 2.45) is 0 Å². The van der Waals surface area contributed by atoms with E-state index in [1.807, 2.05) is 11.8 Å². The summed E-state index contributed by atoms with van der Waals surface area (Å²) in [6.45, 7) is 4.49. The molecule has 0 spiro atoms. The number of thioether (sulfide) groups is 1. The van der Waals surface area contributed by atoms with Gasteiger partial charge in [-0.25, -0.2) is 0 Å². The first kappa shape index (κ1) is 12.6. The molecule has 84 valence electrons. The Kier molecular flexibility index (Phi) is 5.81. The van der Waals surface area contributed by atoms with Crippen LogP contribution in [-0.4, -0.2) is 18.1 Å². The normalized spacial score (nSPS) is 14.9. The molecule has 0 radical (unpaired) electrons. The summed E-state index contributed by atoms with van der Waals surface area (Å²) in [5, 5.41) is 3.62. The molecule has 0 aliphatic carbocycles. The Morgan fingerprint density at radius 2 is 1.87 bits per heavy atom. The Bertz CT molecular complexity index is 260. The van der Waals surface area contributed by atoms with E-state index in [1.165, 1.54) is 17.7 Å². The minimum Gasteiger partial charge on any atom is -0.308 e. The highest BCUT2D eigenvalue weighted by atomic mass is 32.2. The Hall–Kier alpha value is -0.470. The van der Waals surface area contributed by atoms with Gasteiger partial charge in [0.2, 0.25) is 0 Å². The van der Waals surface area contributed by atoms with E-state index in [-0.39, 0.29) is 0 Å². The molecular formula is C13H21NS. The predicted molar refractivity (Wildman–Crippen MR) is 70.5 cm³/mol. The third kappa shape index (κ3) is 4.72. The van der Waals surface area contributed by atoms with Crippen molar-refractivity contribution in [1.29, 1.82) is 0 Å². The summed E-state index contributed by atoms with van der Waals surface area (Å²) in [6, 6.07) is 11.7. The molecule has 0 amide bonds. The van der Waals surface area contributed by atoms with Crippen LogP contribution >= 0.6 is 11.8 Å². The molecule has 0 fully saturated rings. The fraction of sp³-hybridized carbons (Fsp3) is 0.538. The van der Waals surface area contributed by atoms with Crippen molar-refractivity contribution in [3.8, 4) is 0 Å². The molecule has 0 aliphatic heterocycles. The van der Waals surface area contributed by atoms with E-state index in [9.17, 15) is 0 Å². The molecule has 0 saturated carbocycles. The number of hydrogen-bond donors (Lipinski definition) is 1. The molecule has 0 bridgehead atoms. The summed E-state index contributed by atoms with van der Waals surface area (Å²) < 4.78 is 0. The van der Waals surface area contributed by atoms with E-state index in [0.717, 1.165) is 0 Å². The molecule has 1 aromatic rings. The second-order valence-corrected chi connectivity index (χ2v) is 4.97. The van der Waals surface area contributed by atoms with E-state index in [1.54, 1.807) is 0 Å². The van der Waals surface area contributed by atoms with Crippen LogP contribution in [0.3, 0.4) is 0 Å². The molecule has 15 heavy (non-hydrogen) atoms. The number of rotatable bonds is 6. The molecule has 1 aromatic carbocycles. The summed E-state index contributed by atoms with van der Waals surface area (Å²) in [4.78, 5) is 0. The third-order valence-electron chi connectivity index (χ3n) is 2.59. The number of nitrogens with one attached hydrogen (secondary N) is 1. The average molecular weight is 223 g/mol. The van der Waals surface area contributed by atoms with Crippen molar-refractivity contribution < 1.29 is 0 Å². The number of benzene rings is 1. The highest BCUT2D eigenvalue weighted by Gasteiger charge is 2.08. The van der Waals surface area contributed by atoms with Gasteiger partial charge < -0.3 is 5.32 Å². The quantitative estimate of drug-likeness (QED) is 0.792. The van der Waals surface area contributed by atoms with E-state index in [0.29, 0.717) is 12.1 Å².